The first-order valence-electron chi connectivity index (χ1n) is 7.66. The number of nitrogens with one attached hydrogen (secondary N) is 1. The quantitative estimate of drug-likeness (QED) is 0.464. The van der Waals surface area contributed by atoms with E-state index >= 15 is 0 Å². The van der Waals surface area contributed by atoms with E-state index in [-0.39, 0.29) is 11.6 Å². The molecule has 2 atom stereocenters. The highest BCUT2D eigenvalue weighted by Gasteiger charge is 2.41. The fourth-order valence-electron chi connectivity index (χ4n) is 3.65. The third-order valence-corrected chi connectivity index (χ3v) is 5.46. The van der Waals surface area contributed by atoms with Gasteiger partial charge in [0.1, 0.15) is 0 Å². The molecule has 2 saturated heterocycles. The molecule has 4 nitrogen and oxygen atoms in total. The van der Waals surface area contributed by atoms with Crippen LogP contribution in [0.2, 0.25) is 0 Å². The molecular weight excluding hydrogens is 379 g/mol. The summed E-state index contributed by atoms with van der Waals surface area (Å²) >= 11 is 2.35. The molecule has 0 bridgehead atoms. The molecule has 1 spiro atoms. The van der Waals surface area contributed by atoms with Crippen LogP contribution in [0.1, 0.15) is 37.3 Å². The van der Waals surface area contributed by atoms with Crippen molar-refractivity contribution in [3.05, 3.63) is 33.4 Å². The zero-order valence-electron chi connectivity index (χ0n) is 12.2. The van der Waals surface area contributed by atoms with E-state index in [4.69, 9.17) is 15.3 Å². The lowest BCUT2D eigenvalue weighted by Crippen LogP contribution is -2.47. The van der Waals surface area contributed by atoms with Crippen LogP contribution in [0.15, 0.2) is 24.3 Å². The van der Waals surface area contributed by atoms with Crippen LogP contribution in [0, 0.1) is 9.49 Å². The van der Waals surface area contributed by atoms with Gasteiger partial charge in [-0.2, -0.15) is 0 Å². The monoisotopic (exact) mass is 402 g/mol. The van der Waals surface area contributed by atoms with Crippen LogP contribution in [0.5, 0.6) is 0 Å². The molecule has 5 heteroatoms. The van der Waals surface area contributed by atoms with E-state index in [1.807, 2.05) is 0 Å². The molecule has 0 saturated carbocycles. The molecule has 2 aliphatic rings. The predicted molar refractivity (Wildman–Crippen MR) is 90.7 cm³/mol. The highest BCUT2D eigenvalue weighted by Crippen LogP contribution is 2.41. The first-order valence-corrected chi connectivity index (χ1v) is 8.74. The maximum atomic E-state index is 6.14. The van der Waals surface area contributed by atoms with Crippen molar-refractivity contribution >= 4 is 22.6 Å². The Morgan fingerprint density at radius 2 is 2.10 bits per heavy atom. The van der Waals surface area contributed by atoms with Gasteiger partial charge in [-0.15, -0.1) is 0 Å². The number of rotatable bonds is 3. The molecule has 0 aromatic heterocycles. The van der Waals surface area contributed by atoms with E-state index in [0.717, 1.165) is 45.5 Å². The summed E-state index contributed by atoms with van der Waals surface area (Å²) in [4.78, 5) is 0. The molecule has 116 valence electrons. The van der Waals surface area contributed by atoms with Gasteiger partial charge in [-0.1, -0.05) is 12.1 Å². The number of nitrogens with two attached hydrogens (primary N) is 1. The lowest BCUT2D eigenvalue weighted by molar-refractivity contribution is -0.150. The van der Waals surface area contributed by atoms with Crippen molar-refractivity contribution in [1.82, 2.24) is 5.43 Å². The largest absolute Gasteiger partial charge is 0.381 e. The number of benzene rings is 1. The number of halogens is 1. The number of hydrazine groups is 1. The normalized spacial score (nSPS) is 26.7. The number of ether oxygens (including phenoxy) is 2. The molecule has 21 heavy (non-hydrogen) atoms. The Morgan fingerprint density at radius 3 is 2.81 bits per heavy atom. The van der Waals surface area contributed by atoms with Crippen molar-refractivity contribution in [2.75, 3.05) is 19.8 Å². The molecule has 0 amide bonds. The van der Waals surface area contributed by atoms with Gasteiger partial charge in [0, 0.05) is 29.4 Å². The summed E-state index contributed by atoms with van der Waals surface area (Å²) in [7, 11) is 0. The molecule has 2 unspecified atom stereocenters. The Balaban J connectivity index is 1.77. The van der Waals surface area contributed by atoms with E-state index in [2.05, 4.69) is 52.3 Å². The van der Waals surface area contributed by atoms with Crippen LogP contribution in [0.3, 0.4) is 0 Å². The van der Waals surface area contributed by atoms with Crippen LogP contribution in [0.25, 0.3) is 0 Å². The third kappa shape index (κ3) is 3.59. The van der Waals surface area contributed by atoms with E-state index in [1.54, 1.807) is 0 Å². The average Bonchev–Trinajstić information content (AvgIpc) is 2.49. The minimum atomic E-state index is 0.0121. The highest BCUT2D eigenvalue weighted by atomic mass is 127. The first-order chi connectivity index (χ1) is 10.2. The third-order valence-electron chi connectivity index (χ3n) is 4.79. The maximum absolute atomic E-state index is 6.14. The summed E-state index contributed by atoms with van der Waals surface area (Å²) in [6.45, 7) is 2.46. The molecular formula is C16H23IN2O2. The highest BCUT2D eigenvalue weighted by molar-refractivity contribution is 14.1. The predicted octanol–water partition coefficient (Wildman–Crippen LogP) is 2.77. The van der Waals surface area contributed by atoms with Crippen LogP contribution in [-0.2, 0) is 9.47 Å². The topological polar surface area (TPSA) is 56.5 Å². The van der Waals surface area contributed by atoms with Crippen LogP contribution < -0.4 is 11.3 Å². The van der Waals surface area contributed by atoms with Gasteiger partial charge in [0.2, 0.25) is 0 Å². The summed E-state index contributed by atoms with van der Waals surface area (Å²) in [5.41, 5.74) is 4.34. The summed E-state index contributed by atoms with van der Waals surface area (Å²) in [6, 6.07) is 8.80. The molecule has 1 aromatic rings. The van der Waals surface area contributed by atoms with E-state index in [9.17, 15) is 0 Å². The Hall–Kier alpha value is -0.210. The van der Waals surface area contributed by atoms with Crippen molar-refractivity contribution in [3.8, 4) is 0 Å². The lowest BCUT2D eigenvalue weighted by atomic mass is 9.76. The van der Waals surface area contributed by atoms with Crippen LogP contribution in [0.4, 0.5) is 0 Å². The second kappa shape index (κ2) is 6.91. The second-order valence-electron chi connectivity index (χ2n) is 6.10. The van der Waals surface area contributed by atoms with Crippen LogP contribution >= 0.6 is 22.6 Å². The zero-order valence-corrected chi connectivity index (χ0v) is 14.3. The fraction of sp³-hybridized carbons (Fsp3) is 0.625. The molecule has 1 aromatic carbocycles. The summed E-state index contributed by atoms with van der Waals surface area (Å²) in [6.07, 6.45) is 4.14. The molecule has 3 N–H and O–H groups in total. The van der Waals surface area contributed by atoms with Gasteiger partial charge in [-0.25, -0.2) is 0 Å². The van der Waals surface area contributed by atoms with Crippen molar-refractivity contribution < 1.29 is 9.47 Å². The molecule has 0 aliphatic carbocycles. The summed E-state index contributed by atoms with van der Waals surface area (Å²) in [5.74, 6) is 6.40. The standard InChI is InChI=1S/C16H23IN2O2/c17-14-3-1-2-12(10-14)15(19-18)13-4-7-21-16(11-13)5-8-20-9-6-16/h1-3,10,13,15,19H,4-9,11,18H2. The van der Waals surface area contributed by atoms with Gasteiger partial charge in [-0.05, 0) is 71.9 Å². The molecule has 2 fully saturated rings. The lowest BCUT2D eigenvalue weighted by Gasteiger charge is -2.45. The SMILES string of the molecule is NNC(c1cccc(I)c1)C1CCOC2(CCOCC2)C1. The van der Waals surface area contributed by atoms with Crippen molar-refractivity contribution in [2.24, 2.45) is 11.8 Å². The van der Waals surface area contributed by atoms with Gasteiger partial charge in [0.05, 0.1) is 5.60 Å². The summed E-state index contributed by atoms with van der Waals surface area (Å²) < 4.78 is 12.9. The molecule has 2 aliphatic heterocycles. The molecule has 3 rings (SSSR count). The van der Waals surface area contributed by atoms with Gasteiger partial charge in [0.15, 0.2) is 0 Å². The van der Waals surface area contributed by atoms with E-state index in [0.29, 0.717) is 5.92 Å². The Morgan fingerprint density at radius 1 is 1.29 bits per heavy atom. The van der Waals surface area contributed by atoms with Gasteiger partial charge >= 0.3 is 0 Å². The first kappa shape index (κ1) is 15.7. The van der Waals surface area contributed by atoms with Crippen molar-refractivity contribution in [3.63, 3.8) is 0 Å². The minimum absolute atomic E-state index is 0.0121. The number of hydrogen-bond donors (Lipinski definition) is 2. The average molecular weight is 402 g/mol. The zero-order chi connectivity index (χ0) is 14.7. The molecule has 2 heterocycles. The fourth-order valence-corrected chi connectivity index (χ4v) is 4.21. The van der Waals surface area contributed by atoms with Crippen molar-refractivity contribution in [2.45, 2.75) is 37.3 Å². The molecule has 0 radical (unpaired) electrons. The van der Waals surface area contributed by atoms with Gasteiger partial charge < -0.3 is 9.47 Å². The summed E-state index contributed by atoms with van der Waals surface area (Å²) in [5, 5.41) is 0. The Bertz CT molecular complexity index is 472. The van der Waals surface area contributed by atoms with E-state index < -0.39 is 0 Å². The van der Waals surface area contributed by atoms with E-state index in [1.165, 1.54) is 9.13 Å². The smallest absolute Gasteiger partial charge is 0.0729 e. The Labute approximate surface area is 139 Å². The van der Waals surface area contributed by atoms with Gasteiger partial charge in [0.25, 0.3) is 0 Å². The van der Waals surface area contributed by atoms with Crippen molar-refractivity contribution in [1.29, 1.82) is 0 Å². The van der Waals surface area contributed by atoms with Crippen LogP contribution in [-0.4, -0.2) is 25.4 Å². The Kier molecular flexibility index (Phi) is 5.16. The second-order valence-corrected chi connectivity index (χ2v) is 7.34. The maximum Gasteiger partial charge on any atom is 0.0729 e. The minimum Gasteiger partial charge on any atom is -0.381 e. The number of hydrogen-bond acceptors (Lipinski definition) is 4. The van der Waals surface area contributed by atoms with Gasteiger partial charge in [-0.3, -0.25) is 11.3 Å².